The van der Waals surface area contributed by atoms with E-state index >= 15 is 0 Å². The molecule has 1 N–H and O–H groups in total. The van der Waals surface area contributed by atoms with Crippen molar-refractivity contribution in [3.63, 3.8) is 0 Å². The topological polar surface area (TPSA) is 21.3 Å². The average Bonchev–Trinajstić information content (AvgIpc) is 2.79. The van der Waals surface area contributed by atoms with Gasteiger partial charge in [0, 0.05) is 24.0 Å². The molecule has 19 heavy (non-hydrogen) atoms. The highest BCUT2D eigenvalue weighted by Crippen LogP contribution is 2.26. The van der Waals surface area contributed by atoms with Gasteiger partial charge in [0.2, 0.25) is 0 Å². The molecule has 1 aromatic carbocycles. The fourth-order valence-corrected chi connectivity index (χ4v) is 2.81. The van der Waals surface area contributed by atoms with Gasteiger partial charge in [0.05, 0.1) is 14.4 Å². The summed E-state index contributed by atoms with van der Waals surface area (Å²) in [6, 6.07) is 9.14. The molecule has 0 aliphatic rings. The normalized spacial score (nSPS) is 10.7. The van der Waals surface area contributed by atoms with Gasteiger partial charge in [-0.2, -0.15) is 0 Å². The van der Waals surface area contributed by atoms with Crippen LogP contribution in [0, 0.1) is 0 Å². The van der Waals surface area contributed by atoms with E-state index in [9.17, 15) is 0 Å². The van der Waals surface area contributed by atoms with E-state index in [0.717, 1.165) is 23.2 Å². The quantitative estimate of drug-likeness (QED) is 0.759. The molecule has 2 nitrogen and oxygen atoms in total. The van der Waals surface area contributed by atoms with Crippen molar-refractivity contribution in [1.82, 2.24) is 5.32 Å². The SMILES string of the molecule is Clc1ccc(CNCCOc2ccc(Cl)c(Cl)c2)s1. The summed E-state index contributed by atoms with van der Waals surface area (Å²) in [5.74, 6) is 0.718. The van der Waals surface area contributed by atoms with E-state index in [1.165, 1.54) is 4.88 Å². The lowest BCUT2D eigenvalue weighted by Crippen LogP contribution is -2.20. The summed E-state index contributed by atoms with van der Waals surface area (Å²) in [5.41, 5.74) is 0. The lowest BCUT2D eigenvalue weighted by atomic mass is 10.3. The summed E-state index contributed by atoms with van der Waals surface area (Å²) in [6.07, 6.45) is 0. The first-order valence-corrected chi connectivity index (χ1v) is 7.63. The number of hydrogen-bond acceptors (Lipinski definition) is 3. The molecule has 0 radical (unpaired) electrons. The summed E-state index contributed by atoms with van der Waals surface area (Å²) in [4.78, 5) is 1.21. The second-order valence-electron chi connectivity index (χ2n) is 3.81. The predicted molar refractivity (Wildman–Crippen MR) is 83.0 cm³/mol. The van der Waals surface area contributed by atoms with Gasteiger partial charge in [-0.1, -0.05) is 34.8 Å². The summed E-state index contributed by atoms with van der Waals surface area (Å²) in [6.45, 7) is 2.11. The van der Waals surface area contributed by atoms with Crippen LogP contribution in [0.25, 0.3) is 0 Å². The number of hydrogen-bond donors (Lipinski definition) is 1. The molecule has 0 saturated carbocycles. The largest absolute Gasteiger partial charge is 0.492 e. The standard InChI is InChI=1S/C13H12Cl3NOS/c14-11-3-1-9(7-12(11)15)18-6-5-17-8-10-2-4-13(16)19-10/h1-4,7,17H,5-6,8H2. The highest BCUT2D eigenvalue weighted by Gasteiger charge is 2.00. The van der Waals surface area contributed by atoms with Crippen LogP contribution in [0.5, 0.6) is 5.75 Å². The molecule has 0 amide bonds. The minimum absolute atomic E-state index is 0.500. The van der Waals surface area contributed by atoms with E-state index in [1.807, 2.05) is 12.1 Å². The highest BCUT2D eigenvalue weighted by molar-refractivity contribution is 7.16. The minimum Gasteiger partial charge on any atom is -0.492 e. The van der Waals surface area contributed by atoms with Crippen LogP contribution in [-0.4, -0.2) is 13.2 Å². The van der Waals surface area contributed by atoms with Crippen LogP contribution in [0.15, 0.2) is 30.3 Å². The summed E-state index contributed by atoms with van der Waals surface area (Å²) >= 11 is 19.1. The van der Waals surface area contributed by atoms with E-state index in [0.29, 0.717) is 16.7 Å². The molecule has 1 heterocycles. The number of ether oxygens (including phenoxy) is 1. The van der Waals surface area contributed by atoms with Gasteiger partial charge in [-0.15, -0.1) is 11.3 Å². The zero-order valence-electron chi connectivity index (χ0n) is 9.96. The fourth-order valence-electron chi connectivity index (χ4n) is 1.47. The Kier molecular flexibility index (Phi) is 5.79. The molecule has 0 aliphatic carbocycles. The number of nitrogens with one attached hydrogen (secondary N) is 1. The van der Waals surface area contributed by atoms with Gasteiger partial charge in [-0.3, -0.25) is 0 Å². The molecule has 6 heteroatoms. The zero-order valence-corrected chi connectivity index (χ0v) is 13.0. The molecule has 0 fully saturated rings. The maximum atomic E-state index is 5.90. The van der Waals surface area contributed by atoms with Crippen LogP contribution in [-0.2, 0) is 6.54 Å². The van der Waals surface area contributed by atoms with Crippen LogP contribution in [0.2, 0.25) is 14.4 Å². The van der Waals surface area contributed by atoms with Gasteiger partial charge < -0.3 is 10.1 Å². The molecule has 102 valence electrons. The lowest BCUT2D eigenvalue weighted by Gasteiger charge is -2.07. The second kappa shape index (κ2) is 7.36. The molecule has 0 saturated heterocycles. The third-order valence-electron chi connectivity index (χ3n) is 2.37. The fraction of sp³-hybridized carbons (Fsp3) is 0.231. The van der Waals surface area contributed by atoms with Crippen molar-refractivity contribution in [2.45, 2.75) is 6.54 Å². The summed E-state index contributed by atoms with van der Waals surface area (Å²) in [7, 11) is 0. The van der Waals surface area contributed by atoms with Gasteiger partial charge in [-0.25, -0.2) is 0 Å². The first-order chi connectivity index (χ1) is 9.15. The van der Waals surface area contributed by atoms with Crippen molar-refractivity contribution in [1.29, 1.82) is 0 Å². The first kappa shape index (κ1) is 14.9. The minimum atomic E-state index is 0.500. The highest BCUT2D eigenvalue weighted by atomic mass is 35.5. The number of thiophene rings is 1. The molecular formula is C13H12Cl3NOS. The molecule has 0 atom stereocenters. The third-order valence-corrected chi connectivity index (χ3v) is 4.34. The second-order valence-corrected chi connectivity index (χ2v) is 6.42. The van der Waals surface area contributed by atoms with Crippen LogP contribution >= 0.6 is 46.1 Å². The Labute approximate surface area is 131 Å². The van der Waals surface area contributed by atoms with Crippen molar-refractivity contribution in [2.24, 2.45) is 0 Å². The molecule has 2 rings (SSSR count). The summed E-state index contributed by atoms with van der Waals surface area (Å²) < 4.78 is 6.37. The zero-order chi connectivity index (χ0) is 13.7. The molecule has 1 aromatic heterocycles. The first-order valence-electron chi connectivity index (χ1n) is 5.68. The molecular weight excluding hydrogens is 325 g/mol. The molecule has 0 unspecified atom stereocenters. The van der Waals surface area contributed by atoms with Crippen LogP contribution in [0.3, 0.4) is 0 Å². The van der Waals surface area contributed by atoms with E-state index in [2.05, 4.69) is 5.32 Å². The smallest absolute Gasteiger partial charge is 0.120 e. The van der Waals surface area contributed by atoms with Crippen LogP contribution in [0.4, 0.5) is 0 Å². The number of halogens is 3. The van der Waals surface area contributed by atoms with Crippen LogP contribution in [0.1, 0.15) is 4.88 Å². The van der Waals surface area contributed by atoms with E-state index < -0.39 is 0 Å². The van der Waals surface area contributed by atoms with E-state index in [4.69, 9.17) is 39.5 Å². The van der Waals surface area contributed by atoms with Crippen molar-refractivity contribution >= 4 is 46.1 Å². The van der Waals surface area contributed by atoms with E-state index in [-0.39, 0.29) is 0 Å². The van der Waals surface area contributed by atoms with Crippen molar-refractivity contribution in [3.8, 4) is 5.75 Å². The lowest BCUT2D eigenvalue weighted by molar-refractivity contribution is 0.314. The third kappa shape index (κ3) is 4.86. The molecule has 2 aromatic rings. The Morgan fingerprint density at radius 2 is 1.89 bits per heavy atom. The maximum Gasteiger partial charge on any atom is 0.120 e. The van der Waals surface area contributed by atoms with Crippen LogP contribution < -0.4 is 10.1 Å². The maximum absolute atomic E-state index is 5.90. The number of benzene rings is 1. The van der Waals surface area contributed by atoms with Gasteiger partial charge in [0.1, 0.15) is 12.4 Å². The molecule has 0 spiro atoms. The monoisotopic (exact) mass is 335 g/mol. The number of rotatable bonds is 6. The Hall–Kier alpha value is -0.450. The van der Waals surface area contributed by atoms with Crippen molar-refractivity contribution < 1.29 is 4.74 Å². The van der Waals surface area contributed by atoms with E-state index in [1.54, 1.807) is 29.5 Å². The Balaban J connectivity index is 1.67. The van der Waals surface area contributed by atoms with Crippen molar-refractivity contribution in [3.05, 3.63) is 49.6 Å². The Morgan fingerprint density at radius 3 is 2.58 bits per heavy atom. The van der Waals surface area contributed by atoms with Crippen molar-refractivity contribution in [2.75, 3.05) is 13.2 Å². The van der Waals surface area contributed by atoms with Gasteiger partial charge >= 0.3 is 0 Å². The summed E-state index contributed by atoms with van der Waals surface area (Å²) in [5, 5.41) is 4.31. The molecule has 0 bridgehead atoms. The average molecular weight is 337 g/mol. The van der Waals surface area contributed by atoms with Gasteiger partial charge in [-0.05, 0) is 24.3 Å². The Bertz CT molecular complexity index is 544. The van der Waals surface area contributed by atoms with Gasteiger partial charge in [0.25, 0.3) is 0 Å². The van der Waals surface area contributed by atoms with Gasteiger partial charge in [0.15, 0.2) is 0 Å². The predicted octanol–water partition coefficient (Wildman–Crippen LogP) is 4.88. The molecule has 0 aliphatic heterocycles. The Morgan fingerprint density at radius 1 is 1.05 bits per heavy atom.